The number of nitrogens with one attached hydrogen (secondary N) is 1. The average Bonchev–Trinajstić information content (AvgIpc) is 2.50. The minimum Gasteiger partial charge on any atom is -0.395 e. The molecule has 2 aromatic rings. The van der Waals surface area contributed by atoms with Gasteiger partial charge in [0, 0.05) is 12.6 Å². The van der Waals surface area contributed by atoms with E-state index in [1.165, 1.54) is 18.3 Å². The molecule has 21 heavy (non-hydrogen) atoms. The van der Waals surface area contributed by atoms with Gasteiger partial charge in [-0.1, -0.05) is 11.8 Å². The zero-order chi connectivity index (χ0) is 15.1. The van der Waals surface area contributed by atoms with E-state index in [0.717, 1.165) is 6.20 Å². The molecule has 0 radical (unpaired) electrons. The van der Waals surface area contributed by atoms with Crippen LogP contribution in [0.25, 0.3) is 0 Å². The Hall–Kier alpha value is -2.78. The second kappa shape index (κ2) is 7.12. The van der Waals surface area contributed by atoms with Gasteiger partial charge in [-0.05, 0) is 24.3 Å². The average molecular weight is 285 g/mol. The molecule has 0 aliphatic rings. The highest BCUT2D eigenvalue weighted by Gasteiger charge is 2.12. The topological polar surface area (TPSA) is 75.1 Å². The first kappa shape index (κ1) is 14.6. The third kappa shape index (κ3) is 4.09. The maximum absolute atomic E-state index is 12.8. The molecule has 0 fully saturated rings. The van der Waals surface area contributed by atoms with Gasteiger partial charge >= 0.3 is 0 Å². The summed E-state index contributed by atoms with van der Waals surface area (Å²) in [5.74, 6) is 4.76. The number of halogens is 1. The van der Waals surface area contributed by atoms with Crippen LogP contribution < -0.4 is 5.32 Å². The number of carbonyl (C=O) groups excluding carboxylic acids is 1. The second-order valence-corrected chi connectivity index (χ2v) is 3.99. The molecule has 0 unspecified atom stereocenters. The number of amides is 1. The van der Waals surface area contributed by atoms with Gasteiger partial charge in [-0.25, -0.2) is 14.4 Å². The number of carbonyl (C=O) groups is 1. The Labute approximate surface area is 120 Å². The van der Waals surface area contributed by atoms with Crippen molar-refractivity contribution in [2.75, 3.05) is 11.9 Å². The number of anilines is 1. The van der Waals surface area contributed by atoms with E-state index < -0.39 is 11.7 Å². The van der Waals surface area contributed by atoms with Crippen molar-refractivity contribution in [2.24, 2.45) is 0 Å². The van der Waals surface area contributed by atoms with Crippen molar-refractivity contribution in [3.8, 4) is 11.8 Å². The summed E-state index contributed by atoms with van der Waals surface area (Å²) in [4.78, 5) is 19.9. The summed E-state index contributed by atoms with van der Waals surface area (Å²) in [5, 5.41) is 11.2. The lowest BCUT2D eigenvalue weighted by molar-refractivity contribution is 0.102. The lowest BCUT2D eigenvalue weighted by atomic mass is 10.2. The maximum atomic E-state index is 12.8. The number of aliphatic hydroxyl groups excluding tert-OH is 1. The molecule has 0 aliphatic carbocycles. The molecule has 0 saturated heterocycles. The van der Waals surface area contributed by atoms with Crippen LogP contribution in [0.5, 0.6) is 0 Å². The van der Waals surface area contributed by atoms with Crippen molar-refractivity contribution in [1.29, 1.82) is 0 Å². The standard InChI is InChI=1S/C15H12FN3O2/c16-12-6-7-13(18-10-12)19-15(21)14-11(4-1-2-9-20)5-3-8-17-14/h3,5-8,10,20H,2,9H2,(H,18,19,21). The van der Waals surface area contributed by atoms with E-state index in [4.69, 9.17) is 5.11 Å². The number of aliphatic hydroxyl groups is 1. The van der Waals surface area contributed by atoms with Crippen LogP contribution in [0.1, 0.15) is 22.5 Å². The van der Waals surface area contributed by atoms with E-state index in [9.17, 15) is 9.18 Å². The summed E-state index contributed by atoms with van der Waals surface area (Å²) in [6.07, 6.45) is 2.80. The monoisotopic (exact) mass is 285 g/mol. The van der Waals surface area contributed by atoms with Crippen molar-refractivity contribution in [1.82, 2.24) is 9.97 Å². The third-order valence-corrected chi connectivity index (χ3v) is 2.45. The minimum atomic E-state index is -0.485. The molecule has 2 heterocycles. The highest BCUT2D eigenvalue weighted by atomic mass is 19.1. The Morgan fingerprint density at radius 3 is 2.90 bits per heavy atom. The Morgan fingerprint density at radius 2 is 2.19 bits per heavy atom. The van der Waals surface area contributed by atoms with Gasteiger partial charge in [0.1, 0.15) is 17.3 Å². The zero-order valence-corrected chi connectivity index (χ0v) is 11.0. The van der Waals surface area contributed by atoms with Crippen LogP contribution >= 0.6 is 0 Å². The van der Waals surface area contributed by atoms with Gasteiger partial charge < -0.3 is 10.4 Å². The SMILES string of the molecule is O=C(Nc1ccc(F)cn1)c1ncccc1C#CCCO. The molecule has 1 amide bonds. The molecular weight excluding hydrogens is 273 g/mol. The van der Waals surface area contributed by atoms with E-state index in [1.807, 2.05) is 0 Å². The largest absolute Gasteiger partial charge is 0.395 e. The van der Waals surface area contributed by atoms with E-state index in [-0.39, 0.29) is 18.1 Å². The van der Waals surface area contributed by atoms with Crippen LogP contribution in [0.3, 0.4) is 0 Å². The highest BCUT2D eigenvalue weighted by molar-refractivity contribution is 6.03. The van der Waals surface area contributed by atoms with Crippen LogP contribution in [0.2, 0.25) is 0 Å². The molecule has 6 heteroatoms. The fourth-order valence-electron chi connectivity index (χ4n) is 1.53. The van der Waals surface area contributed by atoms with Crippen molar-refractivity contribution in [3.63, 3.8) is 0 Å². The van der Waals surface area contributed by atoms with Crippen molar-refractivity contribution in [3.05, 3.63) is 53.7 Å². The smallest absolute Gasteiger partial charge is 0.276 e. The summed E-state index contributed by atoms with van der Waals surface area (Å²) in [6.45, 7) is -0.0473. The maximum Gasteiger partial charge on any atom is 0.276 e. The fraction of sp³-hybridized carbons (Fsp3) is 0.133. The van der Waals surface area contributed by atoms with Crippen LogP contribution in [0.15, 0.2) is 36.7 Å². The number of pyridine rings is 2. The van der Waals surface area contributed by atoms with Crippen molar-refractivity contribution in [2.45, 2.75) is 6.42 Å². The normalized spacial score (nSPS) is 9.62. The molecule has 2 rings (SSSR count). The predicted octanol–water partition coefficient (Wildman–Crippen LogP) is 1.60. The van der Waals surface area contributed by atoms with Gasteiger partial charge in [-0.2, -0.15) is 0 Å². The van der Waals surface area contributed by atoms with Gasteiger partial charge in [0.25, 0.3) is 5.91 Å². The molecule has 0 atom stereocenters. The summed E-state index contributed by atoms with van der Waals surface area (Å²) in [5.41, 5.74) is 0.597. The molecule has 5 nitrogen and oxygen atoms in total. The highest BCUT2D eigenvalue weighted by Crippen LogP contribution is 2.09. The van der Waals surface area contributed by atoms with Crippen LogP contribution in [0.4, 0.5) is 10.2 Å². The summed E-state index contributed by atoms with van der Waals surface area (Å²) < 4.78 is 12.8. The van der Waals surface area contributed by atoms with Crippen LogP contribution in [-0.4, -0.2) is 27.6 Å². The lowest BCUT2D eigenvalue weighted by Gasteiger charge is -2.05. The first-order valence-corrected chi connectivity index (χ1v) is 6.18. The van der Waals surface area contributed by atoms with Crippen molar-refractivity contribution >= 4 is 11.7 Å². The Bertz CT molecular complexity index is 690. The third-order valence-electron chi connectivity index (χ3n) is 2.45. The van der Waals surface area contributed by atoms with E-state index in [0.29, 0.717) is 12.0 Å². The number of hydrogen-bond donors (Lipinski definition) is 2. The van der Waals surface area contributed by atoms with Crippen LogP contribution in [-0.2, 0) is 0 Å². The summed E-state index contributed by atoms with van der Waals surface area (Å²) in [6, 6.07) is 5.87. The molecule has 0 spiro atoms. The van der Waals surface area contributed by atoms with E-state index in [1.54, 1.807) is 12.1 Å². The van der Waals surface area contributed by atoms with E-state index >= 15 is 0 Å². The Kier molecular flexibility index (Phi) is 4.96. The molecule has 0 saturated carbocycles. The molecule has 0 aliphatic heterocycles. The number of nitrogens with zero attached hydrogens (tertiary/aromatic N) is 2. The van der Waals surface area contributed by atoms with Crippen molar-refractivity contribution < 1.29 is 14.3 Å². The summed E-state index contributed by atoms with van der Waals surface area (Å²) >= 11 is 0. The molecule has 2 N–H and O–H groups in total. The Morgan fingerprint density at radius 1 is 1.33 bits per heavy atom. The lowest BCUT2D eigenvalue weighted by Crippen LogP contribution is -2.16. The predicted molar refractivity (Wildman–Crippen MR) is 75.0 cm³/mol. The number of hydrogen-bond acceptors (Lipinski definition) is 4. The minimum absolute atomic E-state index is 0.0473. The summed E-state index contributed by atoms with van der Waals surface area (Å²) in [7, 11) is 0. The molecular formula is C15H12FN3O2. The molecule has 0 bridgehead atoms. The number of rotatable bonds is 3. The van der Waals surface area contributed by atoms with Gasteiger partial charge in [0.15, 0.2) is 0 Å². The fourth-order valence-corrected chi connectivity index (χ4v) is 1.53. The van der Waals surface area contributed by atoms with E-state index in [2.05, 4.69) is 27.1 Å². The molecule has 106 valence electrons. The molecule has 2 aromatic heterocycles. The second-order valence-electron chi connectivity index (χ2n) is 3.99. The Balaban J connectivity index is 2.19. The van der Waals surface area contributed by atoms with Gasteiger partial charge in [0.2, 0.25) is 0 Å². The van der Waals surface area contributed by atoms with Gasteiger partial charge in [-0.3, -0.25) is 4.79 Å². The molecule has 0 aromatic carbocycles. The first-order valence-electron chi connectivity index (χ1n) is 6.18. The van der Waals surface area contributed by atoms with Gasteiger partial charge in [-0.15, -0.1) is 0 Å². The quantitative estimate of drug-likeness (QED) is 0.840. The zero-order valence-electron chi connectivity index (χ0n) is 11.0. The number of aromatic nitrogens is 2. The van der Waals surface area contributed by atoms with Crippen LogP contribution in [0, 0.1) is 17.7 Å². The van der Waals surface area contributed by atoms with Gasteiger partial charge in [0.05, 0.1) is 18.4 Å². The first-order chi connectivity index (χ1) is 10.2.